The SMILES string of the molecule is COC(=O)c1ccccc1NS(=O)[O-]. The lowest BCUT2D eigenvalue weighted by atomic mass is 10.2. The van der Waals surface area contributed by atoms with Crippen LogP contribution < -0.4 is 4.72 Å². The molecule has 0 heterocycles. The fourth-order valence-corrected chi connectivity index (χ4v) is 1.31. The van der Waals surface area contributed by atoms with Gasteiger partial charge in [-0.15, -0.1) is 0 Å². The van der Waals surface area contributed by atoms with Crippen molar-refractivity contribution in [2.24, 2.45) is 0 Å². The normalized spacial score (nSPS) is 11.9. The molecule has 0 bridgehead atoms. The van der Waals surface area contributed by atoms with E-state index in [4.69, 9.17) is 0 Å². The monoisotopic (exact) mass is 214 g/mol. The van der Waals surface area contributed by atoms with Crippen LogP contribution in [0.15, 0.2) is 24.3 Å². The van der Waals surface area contributed by atoms with Gasteiger partial charge in [0.15, 0.2) is 0 Å². The van der Waals surface area contributed by atoms with Crippen LogP contribution in [0, 0.1) is 0 Å². The van der Waals surface area contributed by atoms with Crippen LogP contribution in [0.25, 0.3) is 0 Å². The molecule has 1 atom stereocenters. The molecule has 0 aliphatic heterocycles. The van der Waals surface area contributed by atoms with Gasteiger partial charge >= 0.3 is 5.97 Å². The number of ether oxygens (including phenoxy) is 1. The molecule has 0 radical (unpaired) electrons. The number of benzene rings is 1. The first-order valence-electron chi connectivity index (χ1n) is 3.68. The number of hydrogen-bond donors (Lipinski definition) is 1. The Morgan fingerprint density at radius 1 is 1.50 bits per heavy atom. The summed E-state index contributed by atoms with van der Waals surface area (Å²) in [5, 5.41) is 0. The first-order valence-corrected chi connectivity index (χ1v) is 4.76. The number of esters is 1. The maximum Gasteiger partial charge on any atom is 0.339 e. The molecule has 0 amide bonds. The number of para-hydroxylation sites is 1. The zero-order valence-corrected chi connectivity index (χ0v) is 8.17. The van der Waals surface area contributed by atoms with Gasteiger partial charge in [-0.25, -0.2) is 4.79 Å². The van der Waals surface area contributed by atoms with E-state index in [2.05, 4.69) is 9.46 Å². The molecule has 1 rings (SSSR count). The molecule has 0 spiro atoms. The van der Waals surface area contributed by atoms with E-state index in [1.807, 2.05) is 0 Å². The summed E-state index contributed by atoms with van der Waals surface area (Å²) >= 11 is -2.45. The lowest BCUT2D eigenvalue weighted by Gasteiger charge is -2.11. The molecule has 1 unspecified atom stereocenters. The largest absolute Gasteiger partial charge is 0.755 e. The van der Waals surface area contributed by atoms with Crippen LogP contribution in [0.4, 0.5) is 5.69 Å². The summed E-state index contributed by atoms with van der Waals surface area (Å²) in [5.74, 6) is -0.585. The van der Waals surface area contributed by atoms with Gasteiger partial charge in [-0.3, -0.25) is 4.21 Å². The van der Waals surface area contributed by atoms with E-state index in [1.165, 1.54) is 19.2 Å². The molecule has 1 aromatic carbocycles. The second-order valence-corrected chi connectivity index (χ2v) is 3.05. The van der Waals surface area contributed by atoms with Gasteiger partial charge in [0.1, 0.15) is 0 Å². The van der Waals surface area contributed by atoms with Crippen LogP contribution in [-0.2, 0) is 16.0 Å². The molecule has 0 aromatic heterocycles. The zero-order valence-electron chi connectivity index (χ0n) is 7.35. The third kappa shape index (κ3) is 2.54. The Kier molecular flexibility index (Phi) is 3.61. The van der Waals surface area contributed by atoms with E-state index >= 15 is 0 Å². The third-order valence-corrected chi connectivity index (χ3v) is 1.91. The molecule has 14 heavy (non-hydrogen) atoms. The van der Waals surface area contributed by atoms with Crippen molar-refractivity contribution in [3.63, 3.8) is 0 Å². The predicted molar refractivity (Wildman–Crippen MR) is 50.3 cm³/mol. The first kappa shape index (κ1) is 10.7. The van der Waals surface area contributed by atoms with Gasteiger partial charge in [0, 0.05) is 11.3 Å². The Balaban J connectivity index is 3.02. The van der Waals surface area contributed by atoms with E-state index in [9.17, 15) is 13.6 Å². The summed E-state index contributed by atoms with van der Waals surface area (Å²) in [6.07, 6.45) is 0. The van der Waals surface area contributed by atoms with Crippen LogP contribution in [-0.4, -0.2) is 21.8 Å². The average Bonchev–Trinajstić information content (AvgIpc) is 2.16. The molecule has 1 aromatic rings. The summed E-state index contributed by atoms with van der Waals surface area (Å²) in [6.45, 7) is 0. The minimum absolute atomic E-state index is 0.180. The van der Waals surface area contributed by atoms with Gasteiger partial charge in [0.25, 0.3) is 0 Å². The molecule has 0 saturated heterocycles. The Labute approximate surface area is 83.5 Å². The molecule has 0 fully saturated rings. The number of hydrogen-bond acceptors (Lipinski definition) is 4. The summed E-state index contributed by atoms with van der Waals surface area (Å²) in [6, 6.07) is 6.18. The number of rotatable bonds is 3. The number of methoxy groups -OCH3 is 1. The molecule has 0 aliphatic carbocycles. The summed E-state index contributed by atoms with van der Waals surface area (Å²) in [7, 11) is 1.23. The van der Waals surface area contributed by atoms with Crippen LogP contribution in [0.1, 0.15) is 10.4 Å². The summed E-state index contributed by atoms with van der Waals surface area (Å²) in [5.41, 5.74) is 0.381. The molecular weight excluding hydrogens is 206 g/mol. The minimum Gasteiger partial charge on any atom is -0.755 e. The van der Waals surface area contributed by atoms with Gasteiger partial charge in [-0.2, -0.15) is 0 Å². The van der Waals surface area contributed by atoms with Crippen LogP contribution in [0.5, 0.6) is 0 Å². The Morgan fingerprint density at radius 2 is 2.14 bits per heavy atom. The topological polar surface area (TPSA) is 78.5 Å². The minimum atomic E-state index is -2.45. The second kappa shape index (κ2) is 4.73. The van der Waals surface area contributed by atoms with Gasteiger partial charge in [-0.1, -0.05) is 12.1 Å². The first-order chi connectivity index (χ1) is 6.65. The zero-order chi connectivity index (χ0) is 10.6. The maximum atomic E-state index is 11.2. The number of nitrogens with one attached hydrogen (secondary N) is 1. The standard InChI is InChI=1S/C8H9NO4S/c1-13-8(10)6-4-2-3-5-7(6)9-14(11)12/h2-5,9H,1H3,(H,11,12)/p-1. The van der Waals surface area contributed by atoms with Crippen LogP contribution >= 0.6 is 0 Å². The van der Waals surface area contributed by atoms with E-state index in [0.717, 1.165) is 0 Å². The molecule has 0 aliphatic rings. The molecule has 76 valence electrons. The lowest BCUT2D eigenvalue weighted by Crippen LogP contribution is -2.09. The Bertz CT molecular complexity index is 366. The lowest BCUT2D eigenvalue weighted by molar-refractivity contribution is 0.0602. The third-order valence-electron chi connectivity index (χ3n) is 1.53. The van der Waals surface area contributed by atoms with Crippen LogP contribution in [0.2, 0.25) is 0 Å². The van der Waals surface area contributed by atoms with Gasteiger partial charge < -0.3 is 14.0 Å². The molecular formula is C8H8NO4S-. The second-order valence-electron chi connectivity index (χ2n) is 2.37. The van der Waals surface area contributed by atoms with E-state index in [1.54, 1.807) is 12.1 Å². The highest BCUT2D eigenvalue weighted by molar-refractivity contribution is 7.80. The smallest absolute Gasteiger partial charge is 0.339 e. The number of anilines is 1. The highest BCUT2D eigenvalue weighted by atomic mass is 32.2. The van der Waals surface area contributed by atoms with E-state index in [0.29, 0.717) is 0 Å². The quantitative estimate of drug-likeness (QED) is 0.592. The van der Waals surface area contributed by atoms with E-state index in [-0.39, 0.29) is 11.3 Å². The highest BCUT2D eigenvalue weighted by Gasteiger charge is 2.09. The van der Waals surface area contributed by atoms with Crippen molar-refractivity contribution in [3.8, 4) is 0 Å². The van der Waals surface area contributed by atoms with Gasteiger partial charge in [0.2, 0.25) is 0 Å². The molecule has 1 N–H and O–H groups in total. The van der Waals surface area contributed by atoms with Crippen LogP contribution in [0.3, 0.4) is 0 Å². The summed E-state index contributed by atoms with van der Waals surface area (Å²) < 4.78 is 27.3. The van der Waals surface area contributed by atoms with Crippen molar-refractivity contribution in [1.29, 1.82) is 0 Å². The fourth-order valence-electron chi connectivity index (χ4n) is 0.950. The van der Waals surface area contributed by atoms with Crippen molar-refractivity contribution in [2.75, 3.05) is 11.8 Å². The molecule has 5 nitrogen and oxygen atoms in total. The van der Waals surface area contributed by atoms with E-state index < -0.39 is 17.2 Å². The Morgan fingerprint density at radius 3 is 2.71 bits per heavy atom. The van der Waals surface area contributed by atoms with Crippen molar-refractivity contribution in [3.05, 3.63) is 29.8 Å². The highest BCUT2D eigenvalue weighted by Crippen LogP contribution is 2.15. The maximum absolute atomic E-state index is 11.2. The average molecular weight is 214 g/mol. The fraction of sp³-hybridized carbons (Fsp3) is 0.125. The number of carbonyl (C=O) groups excluding carboxylic acids is 1. The van der Waals surface area contributed by atoms with Crippen molar-refractivity contribution in [1.82, 2.24) is 0 Å². The predicted octanol–water partition coefficient (Wildman–Crippen LogP) is 0.679. The molecule has 6 heteroatoms. The molecule has 0 saturated carbocycles. The van der Waals surface area contributed by atoms with Crippen molar-refractivity contribution >= 4 is 22.9 Å². The summed E-state index contributed by atoms with van der Waals surface area (Å²) in [4.78, 5) is 11.2. The van der Waals surface area contributed by atoms with Crippen molar-refractivity contribution < 1.29 is 18.3 Å². The van der Waals surface area contributed by atoms with Gasteiger partial charge in [0.05, 0.1) is 18.4 Å². The van der Waals surface area contributed by atoms with Crippen molar-refractivity contribution in [2.45, 2.75) is 0 Å². The van der Waals surface area contributed by atoms with Gasteiger partial charge in [-0.05, 0) is 12.1 Å². The number of carbonyl (C=O) groups is 1. The Hall–Kier alpha value is -1.40.